The molecule has 0 atom stereocenters. The molecule has 0 aromatic carbocycles. The molecule has 4 heteroatoms. The maximum absolute atomic E-state index is 5.11. The second-order valence-corrected chi connectivity index (χ2v) is 10.5. The van der Waals surface area contributed by atoms with Crippen LogP contribution in [-0.4, -0.2) is 41.7 Å². The third-order valence-corrected chi connectivity index (χ3v) is 9.42. The Bertz CT molecular complexity index is 316. The number of nitrogens with zero attached hydrogens (tertiary/aromatic N) is 3. The van der Waals surface area contributed by atoms with Gasteiger partial charge in [-0.15, -0.1) is 0 Å². The van der Waals surface area contributed by atoms with Crippen molar-refractivity contribution in [1.29, 1.82) is 0 Å². The molecule has 0 saturated carbocycles. The Balaban J connectivity index is 3.28. The van der Waals surface area contributed by atoms with Gasteiger partial charge in [-0.1, -0.05) is 0 Å². The maximum atomic E-state index is 5.11. The molecule has 16 heavy (non-hydrogen) atoms. The van der Waals surface area contributed by atoms with Crippen molar-refractivity contribution in [2.24, 2.45) is 3.79 Å². The van der Waals surface area contributed by atoms with Crippen LogP contribution in [0.15, 0.2) is 28.1 Å². The fourth-order valence-corrected chi connectivity index (χ4v) is 7.93. The molecule has 0 aromatic rings. The zero-order chi connectivity index (χ0) is 12.3. The SMILES string of the molecule is CC(C)[N]=[V]([CH]1C=CC=C1)([N](C)C)[N](C)C. The van der Waals surface area contributed by atoms with E-state index in [4.69, 9.17) is 3.79 Å². The molecular weight excluding hydrogens is 237 g/mol. The van der Waals surface area contributed by atoms with Crippen molar-refractivity contribution < 1.29 is 14.3 Å². The molecule has 0 bridgehead atoms. The van der Waals surface area contributed by atoms with Gasteiger partial charge in [0.1, 0.15) is 0 Å². The minimum atomic E-state index is -2.36. The average molecular weight is 261 g/mol. The third-order valence-electron chi connectivity index (χ3n) is 2.71. The van der Waals surface area contributed by atoms with Crippen LogP contribution in [0.5, 0.6) is 0 Å². The second kappa shape index (κ2) is 5.41. The van der Waals surface area contributed by atoms with Crippen LogP contribution in [0.25, 0.3) is 0 Å². The number of hydrogen-bond donors (Lipinski definition) is 0. The fourth-order valence-electron chi connectivity index (χ4n) is 2.17. The molecule has 1 aliphatic rings. The Morgan fingerprint density at radius 2 is 1.44 bits per heavy atom. The van der Waals surface area contributed by atoms with E-state index in [1.165, 1.54) is 0 Å². The van der Waals surface area contributed by atoms with E-state index < -0.39 is 14.3 Å². The van der Waals surface area contributed by atoms with Crippen molar-refractivity contribution in [1.82, 2.24) is 7.50 Å². The minimum absolute atomic E-state index is 0.389. The van der Waals surface area contributed by atoms with Crippen LogP contribution in [-0.2, 0) is 14.3 Å². The molecule has 0 aromatic heterocycles. The summed E-state index contributed by atoms with van der Waals surface area (Å²) in [6.45, 7) is 4.34. The van der Waals surface area contributed by atoms with Crippen LogP contribution in [0.2, 0.25) is 4.63 Å². The van der Waals surface area contributed by atoms with Gasteiger partial charge in [0.05, 0.1) is 0 Å². The van der Waals surface area contributed by atoms with Gasteiger partial charge in [-0.3, -0.25) is 0 Å². The van der Waals surface area contributed by atoms with Crippen LogP contribution in [0.3, 0.4) is 0 Å². The molecule has 0 fully saturated rings. The van der Waals surface area contributed by atoms with Crippen LogP contribution in [0.4, 0.5) is 0 Å². The standard InChI is InChI=1S/C5H5.C3H7N.2C2H6N.V/c1-2-4-5-3-1;1-3(2)4;2*1-3-2;/h1-5H;3H,1-2H3;2*1-2H3;/q;;2*-1;+2. The summed E-state index contributed by atoms with van der Waals surface area (Å²) in [6, 6.07) is 0.389. The van der Waals surface area contributed by atoms with Gasteiger partial charge >= 0.3 is 103 Å². The molecule has 0 amide bonds. The molecule has 0 unspecified atom stereocenters. The molecule has 1 aliphatic carbocycles. The molecular formula is C12H24N3V. The van der Waals surface area contributed by atoms with Crippen LogP contribution in [0, 0.1) is 0 Å². The first kappa shape index (κ1) is 13.8. The van der Waals surface area contributed by atoms with Gasteiger partial charge in [-0.05, 0) is 0 Å². The Morgan fingerprint density at radius 3 is 1.75 bits per heavy atom. The summed E-state index contributed by atoms with van der Waals surface area (Å²) in [5.41, 5.74) is 0. The third kappa shape index (κ3) is 2.54. The fraction of sp³-hybridized carbons (Fsp3) is 0.667. The summed E-state index contributed by atoms with van der Waals surface area (Å²) in [5.74, 6) is 0. The van der Waals surface area contributed by atoms with Gasteiger partial charge in [-0.2, -0.15) is 0 Å². The topological polar surface area (TPSA) is 18.8 Å². The molecule has 92 valence electrons. The molecule has 0 spiro atoms. The van der Waals surface area contributed by atoms with Gasteiger partial charge in [0, 0.05) is 0 Å². The molecule has 1 rings (SSSR count). The van der Waals surface area contributed by atoms with E-state index in [-0.39, 0.29) is 0 Å². The van der Waals surface area contributed by atoms with Gasteiger partial charge in [-0.25, -0.2) is 0 Å². The van der Waals surface area contributed by atoms with E-state index in [9.17, 15) is 0 Å². The molecule has 0 aliphatic heterocycles. The van der Waals surface area contributed by atoms with Gasteiger partial charge in [0.25, 0.3) is 0 Å². The van der Waals surface area contributed by atoms with Gasteiger partial charge in [0.2, 0.25) is 0 Å². The predicted octanol–water partition coefficient (Wildman–Crippen LogP) is 2.60. The van der Waals surface area contributed by atoms with E-state index in [2.05, 4.69) is 73.8 Å². The van der Waals surface area contributed by atoms with Crippen molar-refractivity contribution in [2.45, 2.75) is 24.5 Å². The number of allylic oxidation sites excluding steroid dienone is 4. The zero-order valence-electron chi connectivity index (χ0n) is 11.3. The van der Waals surface area contributed by atoms with Crippen molar-refractivity contribution >= 4 is 0 Å². The van der Waals surface area contributed by atoms with Crippen LogP contribution >= 0.6 is 0 Å². The first-order chi connectivity index (χ1) is 7.41. The van der Waals surface area contributed by atoms with E-state index in [1.54, 1.807) is 0 Å². The van der Waals surface area contributed by atoms with E-state index in [1.807, 2.05) is 0 Å². The van der Waals surface area contributed by atoms with Gasteiger partial charge < -0.3 is 0 Å². The monoisotopic (exact) mass is 261 g/mol. The molecule has 0 saturated heterocycles. The Kier molecular flexibility index (Phi) is 4.68. The van der Waals surface area contributed by atoms with Crippen molar-refractivity contribution in [2.75, 3.05) is 28.2 Å². The summed E-state index contributed by atoms with van der Waals surface area (Å²) in [5, 5.41) is 0. The summed E-state index contributed by atoms with van der Waals surface area (Å²) in [4.78, 5) is 0. The van der Waals surface area contributed by atoms with Crippen molar-refractivity contribution in [3.05, 3.63) is 24.3 Å². The molecule has 0 radical (unpaired) electrons. The molecule has 3 nitrogen and oxygen atoms in total. The van der Waals surface area contributed by atoms with Gasteiger partial charge in [0.15, 0.2) is 0 Å². The summed E-state index contributed by atoms with van der Waals surface area (Å²) in [6.07, 6.45) is 8.87. The van der Waals surface area contributed by atoms with Crippen LogP contribution < -0.4 is 0 Å². The first-order valence-electron chi connectivity index (χ1n) is 5.73. The normalized spacial score (nSPS) is 17.1. The van der Waals surface area contributed by atoms with Crippen LogP contribution in [0.1, 0.15) is 13.8 Å². The van der Waals surface area contributed by atoms with E-state index in [0.717, 1.165) is 0 Å². The van der Waals surface area contributed by atoms with Crippen molar-refractivity contribution in [3.8, 4) is 0 Å². The summed E-state index contributed by atoms with van der Waals surface area (Å²) < 4.78 is 10.3. The average Bonchev–Trinajstić information content (AvgIpc) is 2.65. The first-order valence-corrected chi connectivity index (χ1v) is 8.41. The predicted molar refractivity (Wildman–Crippen MR) is 67.0 cm³/mol. The number of rotatable bonds is 4. The van der Waals surface area contributed by atoms with Crippen molar-refractivity contribution in [3.63, 3.8) is 0 Å². The summed E-state index contributed by atoms with van der Waals surface area (Å²) in [7, 11) is 8.66. The molecule has 0 N–H and O–H groups in total. The summed E-state index contributed by atoms with van der Waals surface area (Å²) >= 11 is -2.36. The quantitative estimate of drug-likeness (QED) is 0.774. The Labute approximate surface area is 103 Å². The zero-order valence-corrected chi connectivity index (χ0v) is 12.6. The second-order valence-electron chi connectivity index (χ2n) is 4.78. The molecule has 0 heterocycles. The Morgan fingerprint density at radius 1 is 1.00 bits per heavy atom. The number of hydrogen-bond acceptors (Lipinski definition) is 1. The Hall–Kier alpha value is -0.216. The van der Waals surface area contributed by atoms with E-state index in [0.29, 0.717) is 10.7 Å². The van der Waals surface area contributed by atoms with E-state index >= 15 is 0 Å².